The smallest absolute Gasteiger partial charge is 0.460 e. The van der Waals surface area contributed by atoms with Crippen LogP contribution in [0.15, 0.2) is 12.7 Å². The molecule has 2 atom stereocenters. The van der Waals surface area contributed by atoms with Gasteiger partial charge < -0.3 is 19.2 Å². The first kappa shape index (κ1) is 19.2. The fourth-order valence-corrected chi connectivity index (χ4v) is 1.68. The monoisotopic (exact) mass is 312 g/mol. The van der Waals surface area contributed by atoms with Gasteiger partial charge in [-0.2, -0.15) is 0 Å². The molecule has 0 rings (SSSR count). The van der Waals surface area contributed by atoms with Crippen molar-refractivity contribution in [2.24, 2.45) is 0 Å². The average molecular weight is 312 g/mol. The van der Waals surface area contributed by atoms with Gasteiger partial charge in [0, 0.05) is 6.08 Å². The van der Waals surface area contributed by atoms with E-state index in [2.05, 4.69) is 15.8 Å². The van der Waals surface area contributed by atoms with Gasteiger partial charge in [-0.3, -0.25) is 9.05 Å². The number of aliphatic hydroxyl groups excluding tert-OH is 1. The molecule has 0 aromatic rings. The third-order valence-corrected chi connectivity index (χ3v) is 3.02. The maximum absolute atomic E-state index is 11.5. The number of phosphoric acid groups is 1. The summed E-state index contributed by atoms with van der Waals surface area (Å²) in [6, 6.07) is 0. The molecule has 0 aliphatic carbocycles. The Morgan fingerprint density at radius 2 is 1.95 bits per heavy atom. The summed E-state index contributed by atoms with van der Waals surface area (Å²) in [4.78, 5) is 20.1. The largest absolute Gasteiger partial charge is 0.472 e. The molecule has 0 heterocycles. The van der Waals surface area contributed by atoms with Crippen molar-refractivity contribution < 1.29 is 37.6 Å². The van der Waals surface area contributed by atoms with Crippen molar-refractivity contribution in [3.63, 3.8) is 0 Å². The van der Waals surface area contributed by atoms with E-state index in [0.29, 0.717) is 11.0 Å². The molecule has 2 unspecified atom stereocenters. The molecule has 8 nitrogen and oxygen atoms in total. The Balaban J connectivity index is 3.94. The first-order valence-electron chi connectivity index (χ1n) is 5.95. The van der Waals surface area contributed by atoms with Crippen molar-refractivity contribution in [1.82, 2.24) is 0 Å². The van der Waals surface area contributed by atoms with Crippen LogP contribution >= 0.6 is 7.82 Å². The fourth-order valence-electron chi connectivity index (χ4n) is 0.933. The molecule has 0 fully saturated rings. The standard InChI is InChI=1S/C11H22NO7P/c1-5-11(14)17-8-10(13)9-19-20(15,16)18-7-6-12(2,3)4/h5,10,13H,1,6-9H2,2-4H3/p+1. The van der Waals surface area contributed by atoms with Gasteiger partial charge in [-0.25, -0.2) is 9.36 Å². The summed E-state index contributed by atoms with van der Waals surface area (Å²) in [6.07, 6.45) is -0.278. The second kappa shape index (κ2) is 8.51. The van der Waals surface area contributed by atoms with E-state index < -0.39 is 26.5 Å². The summed E-state index contributed by atoms with van der Waals surface area (Å²) in [7, 11) is 1.50. The Kier molecular flexibility index (Phi) is 8.19. The number of hydrogen-bond donors (Lipinski definition) is 2. The van der Waals surface area contributed by atoms with E-state index >= 15 is 0 Å². The lowest BCUT2D eigenvalue weighted by atomic mass is 10.4. The first-order chi connectivity index (χ1) is 9.06. The molecule has 0 amide bonds. The average Bonchev–Trinajstić information content (AvgIpc) is 2.31. The lowest BCUT2D eigenvalue weighted by molar-refractivity contribution is -0.870. The number of aliphatic hydroxyl groups is 1. The minimum Gasteiger partial charge on any atom is -0.460 e. The molecule has 0 aromatic heterocycles. The van der Waals surface area contributed by atoms with Crippen molar-refractivity contribution in [2.75, 3.05) is 47.5 Å². The van der Waals surface area contributed by atoms with Crippen LogP contribution in [0.4, 0.5) is 0 Å². The second-order valence-corrected chi connectivity index (χ2v) is 6.55. The van der Waals surface area contributed by atoms with Crippen molar-refractivity contribution in [2.45, 2.75) is 6.10 Å². The lowest BCUT2D eigenvalue weighted by Crippen LogP contribution is -2.37. The predicted octanol–water partition coefficient (Wildman–Crippen LogP) is -0.0837. The zero-order chi connectivity index (χ0) is 15.8. The molecule has 0 aliphatic heterocycles. The van der Waals surface area contributed by atoms with Crippen LogP contribution in [0.1, 0.15) is 0 Å². The van der Waals surface area contributed by atoms with Crippen LogP contribution in [0.2, 0.25) is 0 Å². The highest BCUT2D eigenvalue weighted by Crippen LogP contribution is 2.43. The molecule has 20 heavy (non-hydrogen) atoms. The van der Waals surface area contributed by atoms with Gasteiger partial charge in [-0.05, 0) is 0 Å². The van der Waals surface area contributed by atoms with Crippen molar-refractivity contribution >= 4 is 13.8 Å². The van der Waals surface area contributed by atoms with Crippen LogP contribution in [-0.2, 0) is 23.1 Å². The van der Waals surface area contributed by atoms with Crippen LogP contribution < -0.4 is 0 Å². The number of ether oxygens (including phenoxy) is 1. The van der Waals surface area contributed by atoms with Crippen molar-refractivity contribution in [1.29, 1.82) is 0 Å². The fraction of sp³-hybridized carbons (Fsp3) is 0.727. The van der Waals surface area contributed by atoms with Crippen LogP contribution in [0.5, 0.6) is 0 Å². The second-order valence-electron chi connectivity index (χ2n) is 5.10. The van der Waals surface area contributed by atoms with E-state index in [1.807, 2.05) is 21.1 Å². The van der Waals surface area contributed by atoms with Crippen LogP contribution in [0.25, 0.3) is 0 Å². The molecule has 9 heteroatoms. The van der Waals surface area contributed by atoms with E-state index in [-0.39, 0.29) is 13.2 Å². The van der Waals surface area contributed by atoms with Gasteiger partial charge >= 0.3 is 13.8 Å². The Morgan fingerprint density at radius 3 is 2.45 bits per heavy atom. The number of likely N-dealkylation sites (N-methyl/N-ethyl adjacent to an activating group) is 1. The Hall–Kier alpha value is -0.760. The highest BCUT2D eigenvalue weighted by atomic mass is 31.2. The van der Waals surface area contributed by atoms with Crippen LogP contribution in [-0.4, -0.2) is 74.1 Å². The van der Waals surface area contributed by atoms with Crippen molar-refractivity contribution in [3.8, 4) is 0 Å². The van der Waals surface area contributed by atoms with Gasteiger partial charge in [0.05, 0.1) is 27.7 Å². The Labute approximate surface area is 118 Å². The summed E-state index contributed by atoms with van der Waals surface area (Å²) in [6.45, 7) is 2.90. The summed E-state index contributed by atoms with van der Waals surface area (Å²) in [5.41, 5.74) is 0. The number of quaternary nitrogens is 1. The molecule has 0 spiro atoms. The number of carbonyl (C=O) groups excluding carboxylic acids is 1. The molecule has 2 N–H and O–H groups in total. The minimum atomic E-state index is -4.22. The van der Waals surface area contributed by atoms with Gasteiger partial charge in [-0.1, -0.05) is 6.58 Å². The van der Waals surface area contributed by atoms with Crippen LogP contribution in [0, 0.1) is 0 Å². The van der Waals surface area contributed by atoms with E-state index in [0.717, 1.165) is 6.08 Å². The number of carbonyl (C=O) groups is 1. The Bertz CT molecular complexity index is 366. The summed E-state index contributed by atoms with van der Waals surface area (Å²) in [5.74, 6) is -0.699. The normalized spacial score (nSPS) is 16.2. The molecule has 0 bridgehead atoms. The predicted molar refractivity (Wildman–Crippen MR) is 71.8 cm³/mol. The van der Waals surface area contributed by atoms with Gasteiger partial charge in [-0.15, -0.1) is 0 Å². The van der Waals surface area contributed by atoms with E-state index in [4.69, 9.17) is 4.52 Å². The third-order valence-electron chi connectivity index (χ3n) is 2.03. The zero-order valence-electron chi connectivity index (χ0n) is 12.0. The topological polar surface area (TPSA) is 102 Å². The number of hydrogen-bond acceptors (Lipinski definition) is 6. The molecule has 0 saturated heterocycles. The molecular weight excluding hydrogens is 289 g/mol. The number of esters is 1. The zero-order valence-corrected chi connectivity index (χ0v) is 12.9. The van der Waals surface area contributed by atoms with Crippen molar-refractivity contribution in [3.05, 3.63) is 12.7 Å². The maximum Gasteiger partial charge on any atom is 0.472 e. The summed E-state index contributed by atoms with van der Waals surface area (Å²) >= 11 is 0. The molecule has 0 saturated carbocycles. The highest BCUT2D eigenvalue weighted by molar-refractivity contribution is 7.47. The SMILES string of the molecule is C=CC(=O)OCC(O)COP(=O)(O)OCC[N+](C)(C)C. The van der Waals surface area contributed by atoms with E-state index in [1.165, 1.54) is 0 Å². The number of phosphoric ester groups is 1. The summed E-state index contributed by atoms with van der Waals surface area (Å²) < 4.78 is 25.9. The van der Waals surface area contributed by atoms with Gasteiger partial charge in [0.25, 0.3) is 0 Å². The first-order valence-corrected chi connectivity index (χ1v) is 7.45. The molecule has 0 aliphatic rings. The van der Waals surface area contributed by atoms with Gasteiger partial charge in [0.2, 0.25) is 0 Å². The molecule has 0 aromatic carbocycles. The molecule has 118 valence electrons. The minimum absolute atomic E-state index is 0.0405. The maximum atomic E-state index is 11.5. The third kappa shape index (κ3) is 11.1. The van der Waals surface area contributed by atoms with Crippen LogP contribution in [0.3, 0.4) is 0 Å². The van der Waals surface area contributed by atoms with E-state index in [9.17, 15) is 19.4 Å². The number of rotatable bonds is 10. The van der Waals surface area contributed by atoms with Gasteiger partial charge in [0.15, 0.2) is 0 Å². The quantitative estimate of drug-likeness (QED) is 0.252. The number of nitrogens with zero attached hydrogens (tertiary/aromatic N) is 1. The van der Waals surface area contributed by atoms with Gasteiger partial charge in [0.1, 0.15) is 25.9 Å². The molecule has 0 radical (unpaired) electrons. The lowest BCUT2D eigenvalue weighted by Gasteiger charge is -2.24. The molecular formula is C11H23NO7P+. The highest BCUT2D eigenvalue weighted by Gasteiger charge is 2.24. The Morgan fingerprint density at radius 1 is 1.35 bits per heavy atom. The van der Waals surface area contributed by atoms with E-state index in [1.54, 1.807) is 0 Å². The summed E-state index contributed by atoms with van der Waals surface area (Å²) in [5, 5.41) is 9.38.